The van der Waals surface area contributed by atoms with Crippen molar-refractivity contribution >= 4 is 22.9 Å². The molecule has 5 rings (SSSR count). The summed E-state index contributed by atoms with van der Waals surface area (Å²) in [7, 11) is 0. The van der Waals surface area contributed by atoms with E-state index in [0.717, 1.165) is 38.2 Å². The summed E-state index contributed by atoms with van der Waals surface area (Å²) in [6.45, 7) is 3.70. The smallest absolute Gasteiger partial charge is 0.231 e. The fraction of sp³-hybridized carbons (Fsp3) is 0.174. The molecule has 0 saturated carbocycles. The molecule has 2 aromatic carbocycles. The lowest BCUT2D eigenvalue weighted by Gasteiger charge is -2.13. The van der Waals surface area contributed by atoms with Gasteiger partial charge in [0.2, 0.25) is 6.79 Å². The van der Waals surface area contributed by atoms with E-state index in [0.29, 0.717) is 10.7 Å². The number of benzene rings is 2. The quantitative estimate of drug-likeness (QED) is 0.432. The van der Waals surface area contributed by atoms with Crippen molar-refractivity contribution in [1.82, 2.24) is 9.78 Å². The molecule has 4 aromatic rings. The standard InChI is InChI=1S/C23H19ClN2O3S/c1-23(2,27)22-12-17(26(25-22)16-6-4-3-5-15(16)24)21-10-9-20(30-21)14-7-8-18-19(11-14)29-13-28-18/h3-12,27H,13H2,1-2H3. The van der Waals surface area contributed by atoms with E-state index in [1.54, 1.807) is 29.9 Å². The average molecular weight is 439 g/mol. The fourth-order valence-electron chi connectivity index (χ4n) is 3.34. The zero-order valence-electron chi connectivity index (χ0n) is 16.4. The Hall–Kier alpha value is -2.80. The molecule has 0 atom stereocenters. The minimum atomic E-state index is -1.07. The van der Waals surface area contributed by atoms with Crippen LogP contribution in [0.4, 0.5) is 0 Å². The molecule has 1 aliphatic rings. The fourth-order valence-corrected chi connectivity index (χ4v) is 4.56. The highest BCUT2D eigenvalue weighted by Gasteiger charge is 2.24. The highest BCUT2D eigenvalue weighted by Crippen LogP contribution is 2.41. The number of halogens is 1. The second-order valence-corrected chi connectivity index (χ2v) is 9.06. The van der Waals surface area contributed by atoms with Crippen LogP contribution in [-0.4, -0.2) is 21.7 Å². The molecule has 0 radical (unpaired) electrons. The molecule has 0 unspecified atom stereocenters. The van der Waals surface area contributed by atoms with Crippen molar-refractivity contribution in [2.45, 2.75) is 19.4 Å². The zero-order valence-corrected chi connectivity index (χ0v) is 18.0. The normalized spacial score (nSPS) is 13.1. The second-order valence-electron chi connectivity index (χ2n) is 7.57. The number of fused-ring (bicyclic) bond motifs is 1. The maximum atomic E-state index is 10.5. The van der Waals surface area contributed by atoms with Gasteiger partial charge < -0.3 is 14.6 Å². The van der Waals surface area contributed by atoms with Gasteiger partial charge in [-0.15, -0.1) is 11.3 Å². The van der Waals surface area contributed by atoms with E-state index >= 15 is 0 Å². The predicted molar refractivity (Wildman–Crippen MR) is 119 cm³/mol. The van der Waals surface area contributed by atoms with Crippen LogP contribution in [0.25, 0.3) is 26.7 Å². The van der Waals surface area contributed by atoms with Crippen LogP contribution in [-0.2, 0) is 5.60 Å². The van der Waals surface area contributed by atoms with E-state index in [4.69, 9.17) is 21.1 Å². The molecular formula is C23H19ClN2O3S. The first-order chi connectivity index (χ1) is 14.4. The van der Waals surface area contributed by atoms with E-state index in [1.807, 2.05) is 48.5 Å². The van der Waals surface area contributed by atoms with Gasteiger partial charge in [-0.1, -0.05) is 23.7 Å². The molecule has 152 valence electrons. The Kier molecular flexibility index (Phi) is 4.58. The van der Waals surface area contributed by atoms with E-state index in [-0.39, 0.29) is 6.79 Å². The third-order valence-electron chi connectivity index (χ3n) is 4.93. The summed E-state index contributed by atoms with van der Waals surface area (Å²) >= 11 is 8.09. The molecule has 5 nitrogen and oxygen atoms in total. The van der Waals surface area contributed by atoms with Crippen LogP contribution in [0.15, 0.2) is 60.7 Å². The molecule has 1 N–H and O–H groups in total. The van der Waals surface area contributed by atoms with Crippen LogP contribution in [0.2, 0.25) is 5.02 Å². The maximum Gasteiger partial charge on any atom is 0.231 e. The van der Waals surface area contributed by atoms with Crippen molar-refractivity contribution in [2.75, 3.05) is 6.79 Å². The Labute approximate surface area is 183 Å². The summed E-state index contributed by atoms with van der Waals surface area (Å²) in [6.07, 6.45) is 0. The van der Waals surface area contributed by atoms with Crippen molar-refractivity contribution in [1.29, 1.82) is 0 Å². The van der Waals surface area contributed by atoms with Crippen LogP contribution in [0.3, 0.4) is 0 Å². The summed E-state index contributed by atoms with van der Waals surface area (Å²) in [5, 5.41) is 15.8. The first kappa shape index (κ1) is 19.2. The molecule has 0 saturated heterocycles. The average Bonchev–Trinajstić information content (AvgIpc) is 3.45. The topological polar surface area (TPSA) is 56.5 Å². The minimum Gasteiger partial charge on any atom is -0.454 e. The summed E-state index contributed by atoms with van der Waals surface area (Å²) < 4.78 is 12.7. The second kappa shape index (κ2) is 7.16. The first-order valence-electron chi connectivity index (χ1n) is 9.48. The van der Waals surface area contributed by atoms with Gasteiger partial charge in [-0.2, -0.15) is 5.10 Å². The number of hydrogen-bond donors (Lipinski definition) is 1. The van der Waals surface area contributed by atoms with E-state index < -0.39 is 5.60 Å². The molecule has 3 heterocycles. The van der Waals surface area contributed by atoms with Gasteiger partial charge in [0.05, 0.1) is 27.0 Å². The van der Waals surface area contributed by atoms with Gasteiger partial charge in [0.25, 0.3) is 0 Å². The Morgan fingerprint density at radius 2 is 1.77 bits per heavy atom. The zero-order chi connectivity index (χ0) is 20.9. The SMILES string of the molecule is CC(C)(O)c1cc(-c2ccc(-c3ccc4c(c3)OCO4)s2)n(-c2ccccc2Cl)n1. The van der Waals surface area contributed by atoms with Crippen molar-refractivity contribution in [3.05, 3.63) is 71.4 Å². The van der Waals surface area contributed by atoms with Crippen LogP contribution >= 0.6 is 22.9 Å². The third kappa shape index (κ3) is 3.37. The van der Waals surface area contributed by atoms with E-state index in [1.165, 1.54) is 0 Å². The van der Waals surface area contributed by atoms with Crippen molar-refractivity contribution in [3.63, 3.8) is 0 Å². The minimum absolute atomic E-state index is 0.255. The van der Waals surface area contributed by atoms with Gasteiger partial charge in [-0.05, 0) is 67.9 Å². The number of hydrogen-bond acceptors (Lipinski definition) is 5. The Bertz CT molecular complexity index is 1240. The van der Waals surface area contributed by atoms with Crippen LogP contribution in [0.5, 0.6) is 11.5 Å². The van der Waals surface area contributed by atoms with Crippen LogP contribution in [0.1, 0.15) is 19.5 Å². The summed E-state index contributed by atoms with van der Waals surface area (Å²) in [4.78, 5) is 2.12. The number of nitrogens with zero attached hydrogens (tertiary/aromatic N) is 2. The first-order valence-corrected chi connectivity index (χ1v) is 10.7. The molecule has 7 heteroatoms. The third-order valence-corrected chi connectivity index (χ3v) is 6.41. The molecule has 0 amide bonds. The van der Waals surface area contributed by atoms with Gasteiger partial charge in [0, 0.05) is 4.88 Å². The largest absolute Gasteiger partial charge is 0.454 e. The monoisotopic (exact) mass is 438 g/mol. The van der Waals surface area contributed by atoms with Gasteiger partial charge >= 0.3 is 0 Å². The lowest BCUT2D eigenvalue weighted by atomic mass is 10.1. The number of aliphatic hydroxyl groups is 1. The van der Waals surface area contributed by atoms with Gasteiger partial charge in [0.15, 0.2) is 11.5 Å². The number of ether oxygens (including phenoxy) is 2. The number of rotatable bonds is 4. The predicted octanol–water partition coefficient (Wildman–Crippen LogP) is 5.88. The number of thiophene rings is 1. The Morgan fingerprint density at radius 3 is 2.57 bits per heavy atom. The maximum absolute atomic E-state index is 10.5. The van der Waals surface area contributed by atoms with Crippen molar-refractivity contribution in [2.24, 2.45) is 0 Å². The molecular weight excluding hydrogens is 420 g/mol. The van der Waals surface area contributed by atoms with Gasteiger partial charge in [-0.3, -0.25) is 0 Å². The Morgan fingerprint density at radius 1 is 1.00 bits per heavy atom. The highest BCUT2D eigenvalue weighted by molar-refractivity contribution is 7.18. The molecule has 1 aliphatic heterocycles. The van der Waals surface area contributed by atoms with E-state index in [2.05, 4.69) is 17.2 Å². The molecule has 0 bridgehead atoms. The number of aromatic nitrogens is 2. The summed E-state index contributed by atoms with van der Waals surface area (Å²) in [5.41, 5.74) is 2.20. The van der Waals surface area contributed by atoms with Crippen molar-refractivity contribution < 1.29 is 14.6 Å². The molecule has 0 spiro atoms. The molecule has 0 aliphatic carbocycles. The lowest BCUT2D eigenvalue weighted by molar-refractivity contribution is 0.0734. The van der Waals surface area contributed by atoms with E-state index in [9.17, 15) is 5.11 Å². The molecule has 2 aromatic heterocycles. The Balaban J connectivity index is 1.61. The lowest BCUT2D eigenvalue weighted by Crippen LogP contribution is -2.16. The summed E-state index contributed by atoms with van der Waals surface area (Å²) in [5.74, 6) is 1.52. The molecule has 30 heavy (non-hydrogen) atoms. The van der Waals surface area contributed by atoms with Crippen LogP contribution in [0, 0.1) is 0 Å². The summed E-state index contributed by atoms with van der Waals surface area (Å²) in [6, 6.07) is 19.5. The van der Waals surface area contributed by atoms with Crippen molar-refractivity contribution in [3.8, 4) is 38.2 Å². The van der Waals surface area contributed by atoms with Gasteiger partial charge in [-0.25, -0.2) is 4.68 Å². The highest BCUT2D eigenvalue weighted by atomic mass is 35.5. The van der Waals surface area contributed by atoms with Gasteiger partial charge in [0.1, 0.15) is 5.60 Å². The van der Waals surface area contributed by atoms with Crippen LogP contribution < -0.4 is 9.47 Å². The number of para-hydroxylation sites is 1. The molecule has 0 fully saturated rings.